The SMILES string of the molecule is CCNS(=O)(=O)c1ccc(NC2CCC(C)CC2)cc1. The number of benzene rings is 1. The molecule has 1 aliphatic carbocycles. The highest BCUT2D eigenvalue weighted by Crippen LogP contribution is 2.26. The molecule has 1 fully saturated rings. The van der Waals surface area contributed by atoms with Crippen LogP contribution in [0.25, 0.3) is 0 Å². The zero-order valence-corrected chi connectivity index (χ0v) is 13.0. The largest absolute Gasteiger partial charge is 0.382 e. The maximum absolute atomic E-state index is 11.8. The Labute approximate surface area is 122 Å². The summed E-state index contributed by atoms with van der Waals surface area (Å²) < 4.78 is 26.2. The molecule has 112 valence electrons. The van der Waals surface area contributed by atoms with Crippen LogP contribution in [0.1, 0.15) is 39.5 Å². The molecule has 1 aliphatic rings. The van der Waals surface area contributed by atoms with Gasteiger partial charge in [0, 0.05) is 18.3 Å². The first kappa shape index (κ1) is 15.3. The molecule has 0 aliphatic heterocycles. The van der Waals surface area contributed by atoms with E-state index in [4.69, 9.17) is 0 Å². The summed E-state index contributed by atoms with van der Waals surface area (Å²) in [6, 6.07) is 7.53. The molecule has 1 saturated carbocycles. The lowest BCUT2D eigenvalue weighted by Gasteiger charge is -2.27. The lowest BCUT2D eigenvalue weighted by atomic mass is 9.87. The minimum absolute atomic E-state index is 0.321. The second-order valence-corrected chi connectivity index (χ2v) is 7.39. The summed E-state index contributed by atoms with van der Waals surface area (Å²) in [5.74, 6) is 0.834. The molecule has 0 aromatic heterocycles. The molecule has 0 amide bonds. The van der Waals surface area contributed by atoms with E-state index >= 15 is 0 Å². The van der Waals surface area contributed by atoms with Gasteiger partial charge in [-0.3, -0.25) is 0 Å². The van der Waals surface area contributed by atoms with Crippen LogP contribution in [-0.2, 0) is 10.0 Å². The van der Waals surface area contributed by atoms with Gasteiger partial charge in [0.1, 0.15) is 0 Å². The predicted octanol–water partition coefficient (Wildman–Crippen LogP) is 2.98. The summed E-state index contributed by atoms with van der Waals surface area (Å²) in [5.41, 5.74) is 1.00. The molecule has 0 spiro atoms. The minimum atomic E-state index is -3.35. The Bertz CT molecular complexity index is 517. The van der Waals surface area contributed by atoms with Crippen molar-refractivity contribution >= 4 is 15.7 Å². The smallest absolute Gasteiger partial charge is 0.240 e. The van der Waals surface area contributed by atoms with Gasteiger partial charge in [-0.15, -0.1) is 0 Å². The van der Waals surface area contributed by atoms with Gasteiger partial charge in [-0.05, 0) is 55.9 Å². The predicted molar refractivity (Wildman–Crippen MR) is 82.3 cm³/mol. The Balaban J connectivity index is 1.98. The van der Waals surface area contributed by atoms with Gasteiger partial charge in [0.2, 0.25) is 10.0 Å². The number of sulfonamides is 1. The van der Waals surface area contributed by atoms with E-state index in [2.05, 4.69) is 17.0 Å². The van der Waals surface area contributed by atoms with Crippen molar-refractivity contribution < 1.29 is 8.42 Å². The molecule has 4 nitrogen and oxygen atoms in total. The third-order valence-corrected chi connectivity index (χ3v) is 5.45. The summed E-state index contributed by atoms with van der Waals surface area (Å²) in [5, 5.41) is 3.50. The fourth-order valence-corrected chi connectivity index (χ4v) is 3.68. The standard InChI is InChI=1S/C15H24N2O2S/c1-3-16-20(18,19)15-10-8-14(9-11-15)17-13-6-4-12(2)5-7-13/h8-13,16-17H,3-7H2,1-2H3. The molecule has 0 atom stereocenters. The lowest BCUT2D eigenvalue weighted by molar-refractivity contribution is 0.361. The summed E-state index contributed by atoms with van der Waals surface area (Å²) >= 11 is 0. The Hall–Kier alpha value is -1.07. The number of hydrogen-bond acceptors (Lipinski definition) is 3. The van der Waals surface area contributed by atoms with Crippen LogP contribution in [0.4, 0.5) is 5.69 Å². The molecule has 2 rings (SSSR count). The summed E-state index contributed by atoms with van der Waals surface area (Å²) in [4.78, 5) is 0.321. The van der Waals surface area contributed by atoms with Crippen molar-refractivity contribution in [3.8, 4) is 0 Å². The lowest BCUT2D eigenvalue weighted by Crippen LogP contribution is -2.25. The maximum atomic E-state index is 11.8. The van der Waals surface area contributed by atoms with Gasteiger partial charge in [0.05, 0.1) is 4.90 Å². The van der Waals surface area contributed by atoms with Gasteiger partial charge in [0.15, 0.2) is 0 Å². The molecule has 1 aromatic carbocycles. The maximum Gasteiger partial charge on any atom is 0.240 e. The monoisotopic (exact) mass is 296 g/mol. The van der Waals surface area contributed by atoms with E-state index in [1.807, 2.05) is 12.1 Å². The molecule has 0 radical (unpaired) electrons. The molecule has 20 heavy (non-hydrogen) atoms. The Kier molecular flexibility index (Phi) is 5.05. The van der Waals surface area contributed by atoms with E-state index in [1.165, 1.54) is 25.7 Å². The Morgan fingerprint density at radius 1 is 1.10 bits per heavy atom. The van der Waals surface area contributed by atoms with E-state index in [0.717, 1.165) is 11.6 Å². The van der Waals surface area contributed by atoms with Crippen molar-refractivity contribution in [1.29, 1.82) is 0 Å². The zero-order chi connectivity index (χ0) is 14.6. The summed E-state index contributed by atoms with van der Waals surface area (Å²) in [6.45, 7) is 4.48. The van der Waals surface area contributed by atoms with Crippen LogP contribution in [0.15, 0.2) is 29.2 Å². The van der Waals surface area contributed by atoms with Crippen LogP contribution in [-0.4, -0.2) is 21.0 Å². The van der Waals surface area contributed by atoms with Gasteiger partial charge in [-0.25, -0.2) is 13.1 Å². The third kappa shape index (κ3) is 3.96. The van der Waals surface area contributed by atoms with Crippen molar-refractivity contribution in [3.05, 3.63) is 24.3 Å². The van der Waals surface area contributed by atoms with E-state index in [1.54, 1.807) is 19.1 Å². The minimum Gasteiger partial charge on any atom is -0.382 e. The molecule has 0 saturated heterocycles. The van der Waals surface area contributed by atoms with Crippen molar-refractivity contribution in [3.63, 3.8) is 0 Å². The summed E-state index contributed by atoms with van der Waals surface area (Å²) in [6.07, 6.45) is 4.92. The third-order valence-electron chi connectivity index (χ3n) is 3.89. The van der Waals surface area contributed by atoms with Gasteiger partial charge < -0.3 is 5.32 Å². The van der Waals surface area contributed by atoms with Gasteiger partial charge in [-0.2, -0.15) is 0 Å². The van der Waals surface area contributed by atoms with Crippen LogP contribution in [0, 0.1) is 5.92 Å². The Morgan fingerprint density at radius 3 is 2.25 bits per heavy atom. The van der Waals surface area contributed by atoms with Crippen LogP contribution in [0.2, 0.25) is 0 Å². The molecule has 2 N–H and O–H groups in total. The fourth-order valence-electron chi connectivity index (χ4n) is 2.64. The van der Waals surface area contributed by atoms with Crippen molar-refractivity contribution in [2.45, 2.75) is 50.5 Å². The highest BCUT2D eigenvalue weighted by molar-refractivity contribution is 7.89. The van der Waals surface area contributed by atoms with Crippen LogP contribution in [0.5, 0.6) is 0 Å². The molecular formula is C15H24N2O2S. The van der Waals surface area contributed by atoms with E-state index < -0.39 is 10.0 Å². The highest BCUT2D eigenvalue weighted by Gasteiger charge is 2.18. The number of rotatable bonds is 5. The van der Waals surface area contributed by atoms with Gasteiger partial charge in [0.25, 0.3) is 0 Å². The van der Waals surface area contributed by atoms with Crippen molar-refractivity contribution in [2.24, 2.45) is 5.92 Å². The average Bonchev–Trinajstić information content (AvgIpc) is 2.42. The van der Waals surface area contributed by atoms with E-state index in [9.17, 15) is 8.42 Å². The van der Waals surface area contributed by atoms with Crippen molar-refractivity contribution in [1.82, 2.24) is 4.72 Å². The first-order chi connectivity index (χ1) is 9.51. The molecular weight excluding hydrogens is 272 g/mol. The average molecular weight is 296 g/mol. The highest BCUT2D eigenvalue weighted by atomic mass is 32.2. The second-order valence-electron chi connectivity index (χ2n) is 5.63. The van der Waals surface area contributed by atoms with Crippen LogP contribution in [0.3, 0.4) is 0 Å². The number of nitrogens with one attached hydrogen (secondary N) is 2. The fraction of sp³-hybridized carbons (Fsp3) is 0.600. The second kappa shape index (κ2) is 6.59. The Morgan fingerprint density at radius 2 is 1.70 bits per heavy atom. The molecule has 1 aromatic rings. The molecule has 0 bridgehead atoms. The van der Waals surface area contributed by atoms with Gasteiger partial charge in [-0.1, -0.05) is 13.8 Å². The first-order valence-electron chi connectivity index (χ1n) is 7.37. The summed E-state index contributed by atoms with van der Waals surface area (Å²) in [7, 11) is -3.35. The van der Waals surface area contributed by atoms with E-state index in [0.29, 0.717) is 17.5 Å². The van der Waals surface area contributed by atoms with Crippen molar-refractivity contribution in [2.75, 3.05) is 11.9 Å². The normalized spacial score (nSPS) is 23.5. The number of hydrogen-bond donors (Lipinski definition) is 2. The first-order valence-corrected chi connectivity index (χ1v) is 8.86. The van der Waals surface area contributed by atoms with Gasteiger partial charge >= 0.3 is 0 Å². The number of anilines is 1. The quantitative estimate of drug-likeness (QED) is 0.878. The van der Waals surface area contributed by atoms with Crippen LogP contribution < -0.4 is 10.0 Å². The molecule has 5 heteroatoms. The molecule has 0 unspecified atom stereocenters. The molecule has 0 heterocycles. The van der Waals surface area contributed by atoms with Crippen LogP contribution >= 0.6 is 0 Å². The topological polar surface area (TPSA) is 58.2 Å². The van der Waals surface area contributed by atoms with E-state index in [-0.39, 0.29) is 0 Å². The zero-order valence-electron chi connectivity index (χ0n) is 12.2.